The van der Waals surface area contributed by atoms with Crippen molar-refractivity contribution in [1.82, 2.24) is 9.58 Å². The number of hydrogen-bond acceptors (Lipinski definition) is 5. The van der Waals surface area contributed by atoms with Crippen LogP contribution in [0, 0.1) is 17.5 Å². The molecule has 170 valence electrons. The third-order valence-corrected chi connectivity index (χ3v) is 6.01. The number of carbonyl (C=O) groups excluding carboxylic acids is 1. The minimum Gasteiger partial charge on any atom is -0.502 e. The molecular weight excluding hydrogens is 439 g/mol. The Hall–Kier alpha value is -3.95. The molecule has 10 heteroatoms. The lowest BCUT2D eigenvalue weighted by atomic mass is 9.94. The number of halogens is 3. The third-order valence-electron chi connectivity index (χ3n) is 6.01. The highest BCUT2D eigenvalue weighted by Crippen LogP contribution is 2.41. The lowest BCUT2D eigenvalue weighted by Crippen LogP contribution is -2.62. The molecule has 1 unspecified atom stereocenters. The van der Waals surface area contributed by atoms with Crippen molar-refractivity contribution in [1.29, 1.82) is 0 Å². The van der Waals surface area contributed by atoms with E-state index in [4.69, 9.17) is 4.74 Å². The molecule has 2 aromatic carbocycles. The predicted octanol–water partition coefficient (Wildman–Crippen LogP) is 2.89. The van der Waals surface area contributed by atoms with Crippen molar-refractivity contribution in [2.45, 2.75) is 18.6 Å². The number of aromatic nitrogens is 1. The number of fused-ring (bicyclic) bond motifs is 4. The first-order valence-electron chi connectivity index (χ1n) is 10.2. The Kier molecular flexibility index (Phi) is 4.80. The number of rotatable bonds is 1. The normalized spacial score (nSPS) is 19.7. The number of pyridine rings is 1. The monoisotopic (exact) mass is 457 g/mol. The smallest absolute Gasteiger partial charge is 0.277 e. The fourth-order valence-electron chi connectivity index (χ4n) is 4.43. The second-order valence-electron chi connectivity index (χ2n) is 7.89. The van der Waals surface area contributed by atoms with E-state index < -0.39 is 46.7 Å². The van der Waals surface area contributed by atoms with Gasteiger partial charge in [0, 0.05) is 37.4 Å². The maximum absolute atomic E-state index is 14.4. The van der Waals surface area contributed by atoms with Crippen molar-refractivity contribution >= 4 is 5.91 Å². The zero-order chi connectivity index (χ0) is 23.4. The Morgan fingerprint density at radius 3 is 2.45 bits per heavy atom. The van der Waals surface area contributed by atoms with Crippen molar-refractivity contribution in [3.63, 3.8) is 0 Å². The molecule has 5 rings (SSSR count). The highest BCUT2D eigenvalue weighted by Gasteiger charge is 2.43. The van der Waals surface area contributed by atoms with Crippen molar-refractivity contribution in [2.75, 3.05) is 18.7 Å². The molecule has 0 fully saturated rings. The van der Waals surface area contributed by atoms with Gasteiger partial charge in [0.15, 0.2) is 23.1 Å². The molecule has 1 aromatic heterocycles. The Balaban J connectivity index is 1.84. The van der Waals surface area contributed by atoms with E-state index in [0.29, 0.717) is 5.56 Å². The van der Waals surface area contributed by atoms with Crippen molar-refractivity contribution in [2.24, 2.45) is 0 Å². The molecule has 1 amide bonds. The fraction of sp³-hybridized carbons (Fsp3) is 0.217. The van der Waals surface area contributed by atoms with E-state index in [0.717, 1.165) is 18.2 Å². The molecule has 0 saturated heterocycles. The Bertz CT molecular complexity index is 1330. The molecule has 0 saturated carbocycles. The van der Waals surface area contributed by atoms with Crippen LogP contribution in [0.25, 0.3) is 0 Å². The number of nitrogens with zero attached hydrogens (tertiary/aromatic N) is 3. The fourth-order valence-corrected chi connectivity index (χ4v) is 4.43. The van der Waals surface area contributed by atoms with Gasteiger partial charge in [-0.2, -0.15) is 0 Å². The van der Waals surface area contributed by atoms with Gasteiger partial charge in [-0.25, -0.2) is 13.2 Å². The maximum Gasteiger partial charge on any atom is 0.277 e. The zero-order valence-corrected chi connectivity index (χ0v) is 17.3. The number of hydrogen-bond donors (Lipinski definition) is 1. The number of aromatic hydroxyl groups is 1. The van der Waals surface area contributed by atoms with Gasteiger partial charge in [0.05, 0.1) is 6.61 Å². The maximum atomic E-state index is 14.4. The van der Waals surface area contributed by atoms with Gasteiger partial charge in [-0.1, -0.05) is 12.1 Å². The van der Waals surface area contributed by atoms with E-state index in [9.17, 15) is 27.9 Å². The zero-order valence-electron chi connectivity index (χ0n) is 17.3. The molecule has 0 aliphatic carbocycles. The Labute approximate surface area is 185 Å². The van der Waals surface area contributed by atoms with Crippen LogP contribution >= 0.6 is 0 Å². The van der Waals surface area contributed by atoms with E-state index >= 15 is 0 Å². The van der Waals surface area contributed by atoms with Crippen LogP contribution in [0.5, 0.6) is 11.5 Å². The number of carbonyl (C=O) groups is 1. The van der Waals surface area contributed by atoms with Crippen LogP contribution in [0.1, 0.15) is 34.1 Å². The highest BCUT2D eigenvalue weighted by molar-refractivity contribution is 5.96. The molecular formula is C23H18F3N3O4. The first-order chi connectivity index (χ1) is 15.8. The molecule has 0 bridgehead atoms. The van der Waals surface area contributed by atoms with Gasteiger partial charge in [0.25, 0.3) is 5.91 Å². The molecule has 0 spiro atoms. The highest BCUT2D eigenvalue weighted by atomic mass is 19.2. The first kappa shape index (κ1) is 20.9. The summed E-state index contributed by atoms with van der Waals surface area (Å²) in [4.78, 5) is 26.5. The van der Waals surface area contributed by atoms with Crippen molar-refractivity contribution in [3.05, 3.63) is 93.2 Å². The second kappa shape index (κ2) is 7.58. The lowest BCUT2D eigenvalue weighted by Gasteiger charge is -2.49. The molecule has 3 heterocycles. The minimum absolute atomic E-state index is 0.0779. The van der Waals surface area contributed by atoms with E-state index in [1.807, 2.05) is 0 Å². The summed E-state index contributed by atoms with van der Waals surface area (Å²) in [5.74, 6) is -3.91. The minimum atomic E-state index is -1.11. The van der Waals surface area contributed by atoms with Gasteiger partial charge in [-0.3, -0.25) is 19.3 Å². The summed E-state index contributed by atoms with van der Waals surface area (Å²) in [7, 11) is 1.51. The van der Waals surface area contributed by atoms with Crippen LogP contribution in [0.4, 0.5) is 13.2 Å². The average molecular weight is 457 g/mol. The van der Waals surface area contributed by atoms with Crippen molar-refractivity contribution in [3.8, 4) is 11.5 Å². The number of ether oxygens (including phenoxy) is 1. The number of benzene rings is 2. The van der Waals surface area contributed by atoms with Gasteiger partial charge in [0.1, 0.15) is 23.8 Å². The topological polar surface area (TPSA) is 75.0 Å². The predicted molar refractivity (Wildman–Crippen MR) is 111 cm³/mol. The second-order valence-corrected chi connectivity index (χ2v) is 7.89. The van der Waals surface area contributed by atoms with E-state index in [1.165, 1.54) is 47.1 Å². The van der Waals surface area contributed by atoms with Crippen LogP contribution < -0.4 is 15.2 Å². The quantitative estimate of drug-likeness (QED) is 0.609. The van der Waals surface area contributed by atoms with Crippen LogP contribution in [0.2, 0.25) is 0 Å². The molecule has 33 heavy (non-hydrogen) atoms. The average Bonchev–Trinajstić information content (AvgIpc) is 2.78. The molecule has 2 atom stereocenters. The molecule has 0 radical (unpaired) electrons. The molecule has 2 aliphatic rings. The SMILES string of the molecule is CN1C(=O)c2c(O)c(=O)ccn2N2C1CCOc1cc(F)c(F)cc1[C@H]2c1ccc(F)cc1. The van der Waals surface area contributed by atoms with Gasteiger partial charge >= 0.3 is 0 Å². The molecule has 7 nitrogen and oxygen atoms in total. The molecule has 2 aliphatic heterocycles. The Morgan fingerprint density at radius 2 is 1.73 bits per heavy atom. The lowest BCUT2D eigenvalue weighted by molar-refractivity contribution is 0.0573. The van der Waals surface area contributed by atoms with Gasteiger partial charge in [0.2, 0.25) is 5.43 Å². The molecule has 3 aromatic rings. The summed E-state index contributed by atoms with van der Waals surface area (Å²) in [5, 5.41) is 12.1. The summed E-state index contributed by atoms with van der Waals surface area (Å²) in [5.41, 5.74) is -0.272. The number of amides is 1. The van der Waals surface area contributed by atoms with Gasteiger partial charge < -0.3 is 14.7 Å². The summed E-state index contributed by atoms with van der Waals surface area (Å²) < 4.78 is 49.3. The van der Waals surface area contributed by atoms with Gasteiger partial charge in [-0.15, -0.1) is 0 Å². The van der Waals surface area contributed by atoms with E-state index in [1.54, 1.807) is 5.01 Å². The standard InChI is InChI=1S/C23H18F3N3O4/c1-27-19-7-9-33-18-11-16(26)15(25)10-14(18)20(12-2-4-13(24)5-3-12)29(19)28-8-6-17(30)22(31)21(28)23(27)32/h2-6,8,10-11,19-20,31H,7,9H2,1H3/t19?,20-/m1/s1. The summed E-state index contributed by atoms with van der Waals surface area (Å²) in [6.45, 7) is 0.0779. The molecule has 1 N–H and O–H groups in total. The third kappa shape index (κ3) is 3.21. The van der Waals surface area contributed by atoms with Crippen LogP contribution in [0.15, 0.2) is 53.5 Å². The van der Waals surface area contributed by atoms with E-state index in [-0.39, 0.29) is 30.0 Å². The van der Waals surface area contributed by atoms with E-state index in [2.05, 4.69) is 0 Å². The summed E-state index contributed by atoms with van der Waals surface area (Å²) >= 11 is 0. The largest absolute Gasteiger partial charge is 0.502 e. The Morgan fingerprint density at radius 1 is 1.03 bits per heavy atom. The van der Waals surface area contributed by atoms with Crippen LogP contribution in [-0.4, -0.2) is 40.4 Å². The van der Waals surface area contributed by atoms with Crippen LogP contribution in [-0.2, 0) is 0 Å². The van der Waals surface area contributed by atoms with Crippen LogP contribution in [0.3, 0.4) is 0 Å². The first-order valence-corrected chi connectivity index (χ1v) is 10.2. The van der Waals surface area contributed by atoms with Crippen molar-refractivity contribution < 1.29 is 27.8 Å². The summed E-state index contributed by atoms with van der Waals surface area (Å²) in [6, 6.07) is 7.60. The summed E-state index contributed by atoms with van der Waals surface area (Å²) in [6.07, 6.45) is 0.960. The van der Waals surface area contributed by atoms with Gasteiger partial charge in [-0.05, 0) is 23.8 Å².